The molecule has 0 spiro atoms. The molecule has 0 radical (unpaired) electrons. The standard InChI is InChI=1S/C25H19N3O2S/c29-24-20-15-21(31-23(20)26-22-13-7-8-14-28(22)24)25(30)27(16-18-9-3-1-4-10-18)17-19-11-5-2-6-12-19/h1-15H,16-17H2. The second-order valence-corrected chi connectivity index (χ2v) is 8.34. The first kappa shape index (κ1) is 19.2. The van der Waals surface area contributed by atoms with Crippen molar-refractivity contribution < 1.29 is 4.79 Å². The molecule has 0 aliphatic heterocycles. The number of rotatable bonds is 5. The van der Waals surface area contributed by atoms with Crippen LogP contribution in [0.3, 0.4) is 0 Å². The maximum atomic E-state index is 13.5. The first-order valence-corrected chi connectivity index (χ1v) is 10.8. The lowest BCUT2D eigenvalue weighted by atomic mass is 10.1. The topological polar surface area (TPSA) is 54.7 Å². The Balaban J connectivity index is 1.54. The van der Waals surface area contributed by atoms with Gasteiger partial charge in [0, 0.05) is 19.3 Å². The zero-order valence-corrected chi connectivity index (χ0v) is 17.5. The lowest BCUT2D eigenvalue weighted by Crippen LogP contribution is -2.29. The highest BCUT2D eigenvalue weighted by atomic mass is 32.1. The molecular formula is C25H19N3O2S. The van der Waals surface area contributed by atoms with Crippen molar-refractivity contribution in [1.82, 2.24) is 14.3 Å². The summed E-state index contributed by atoms with van der Waals surface area (Å²) in [6.45, 7) is 0.967. The molecule has 1 amide bonds. The van der Waals surface area contributed by atoms with Crippen LogP contribution in [-0.2, 0) is 13.1 Å². The van der Waals surface area contributed by atoms with E-state index < -0.39 is 0 Å². The number of hydrogen-bond donors (Lipinski definition) is 0. The molecule has 0 aliphatic rings. The molecule has 0 bridgehead atoms. The number of fused-ring (bicyclic) bond motifs is 2. The monoisotopic (exact) mass is 425 g/mol. The van der Waals surface area contributed by atoms with E-state index in [0.29, 0.717) is 33.8 Å². The summed E-state index contributed by atoms with van der Waals surface area (Å²) < 4.78 is 1.51. The van der Waals surface area contributed by atoms with Crippen molar-refractivity contribution in [2.24, 2.45) is 0 Å². The molecule has 5 rings (SSSR count). The highest BCUT2D eigenvalue weighted by molar-refractivity contribution is 7.20. The number of hydrogen-bond acceptors (Lipinski definition) is 4. The molecular weight excluding hydrogens is 406 g/mol. The number of nitrogens with zero attached hydrogens (tertiary/aromatic N) is 3. The fourth-order valence-electron chi connectivity index (χ4n) is 3.62. The van der Waals surface area contributed by atoms with Gasteiger partial charge in [-0.2, -0.15) is 0 Å². The maximum absolute atomic E-state index is 13.5. The Morgan fingerprint density at radius 1 is 0.871 bits per heavy atom. The minimum Gasteiger partial charge on any atom is -0.329 e. The van der Waals surface area contributed by atoms with E-state index in [2.05, 4.69) is 4.98 Å². The number of carbonyl (C=O) groups excluding carboxylic acids is 1. The molecule has 0 fully saturated rings. The largest absolute Gasteiger partial charge is 0.329 e. The van der Waals surface area contributed by atoms with Crippen LogP contribution in [0.5, 0.6) is 0 Å². The number of benzene rings is 2. The minimum atomic E-state index is -0.159. The van der Waals surface area contributed by atoms with E-state index in [9.17, 15) is 9.59 Å². The highest BCUT2D eigenvalue weighted by Gasteiger charge is 2.21. The molecule has 3 heterocycles. The summed E-state index contributed by atoms with van der Waals surface area (Å²) in [5, 5.41) is 0.469. The summed E-state index contributed by atoms with van der Waals surface area (Å²) in [7, 11) is 0. The van der Waals surface area contributed by atoms with Crippen LogP contribution in [0, 0.1) is 0 Å². The van der Waals surface area contributed by atoms with Crippen molar-refractivity contribution in [3.05, 3.63) is 117 Å². The molecule has 0 atom stereocenters. The Morgan fingerprint density at radius 3 is 2.13 bits per heavy atom. The van der Waals surface area contributed by atoms with Crippen molar-refractivity contribution in [2.75, 3.05) is 0 Å². The van der Waals surface area contributed by atoms with E-state index >= 15 is 0 Å². The molecule has 0 unspecified atom stereocenters. The average molecular weight is 426 g/mol. The Bertz CT molecular complexity index is 1380. The van der Waals surface area contributed by atoms with Crippen LogP contribution < -0.4 is 5.56 Å². The molecule has 6 heteroatoms. The first-order chi connectivity index (χ1) is 15.2. The van der Waals surface area contributed by atoms with Crippen molar-refractivity contribution in [1.29, 1.82) is 0 Å². The minimum absolute atomic E-state index is 0.107. The smallest absolute Gasteiger partial charge is 0.266 e. The predicted octanol–water partition coefficient (Wildman–Crippen LogP) is 4.75. The van der Waals surface area contributed by atoms with E-state index in [0.717, 1.165) is 11.1 Å². The van der Waals surface area contributed by atoms with Crippen LogP contribution in [0.15, 0.2) is 95.9 Å². The molecule has 0 aliphatic carbocycles. The Labute approximate surface area is 182 Å². The maximum Gasteiger partial charge on any atom is 0.266 e. The van der Waals surface area contributed by atoms with Crippen LogP contribution in [0.25, 0.3) is 15.9 Å². The van der Waals surface area contributed by atoms with Gasteiger partial charge in [-0.15, -0.1) is 11.3 Å². The summed E-state index contributed by atoms with van der Waals surface area (Å²) in [5.74, 6) is -0.107. The van der Waals surface area contributed by atoms with Gasteiger partial charge in [0.1, 0.15) is 10.5 Å². The number of amides is 1. The van der Waals surface area contributed by atoms with Crippen molar-refractivity contribution in [3.8, 4) is 0 Å². The molecule has 0 saturated carbocycles. The third kappa shape index (κ3) is 3.85. The van der Waals surface area contributed by atoms with Gasteiger partial charge in [0.05, 0.1) is 10.3 Å². The second kappa shape index (κ2) is 8.16. The summed E-state index contributed by atoms with van der Waals surface area (Å²) >= 11 is 1.27. The van der Waals surface area contributed by atoms with Crippen molar-refractivity contribution >= 4 is 33.1 Å². The fraction of sp³-hybridized carbons (Fsp3) is 0.0800. The summed E-state index contributed by atoms with van der Waals surface area (Å²) in [5.41, 5.74) is 2.52. The van der Waals surface area contributed by atoms with Crippen LogP contribution in [-0.4, -0.2) is 20.2 Å². The van der Waals surface area contributed by atoms with Gasteiger partial charge in [-0.3, -0.25) is 14.0 Å². The number of carbonyl (C=O) groups is 1. The average Bonchev–Trinajstić information content (AvgIpc) is 3.24. The lowest BCUT2D eigenvalue weighted by molar-refractivity contribution is 0.0735. The van der Waals surface area contributed by atoms with Crippen LogP contribution >= 0.6 is 11.3 Å². The molecule has 2 aromatic carbocycles. The molecule has 152 valence electrons. The second-order valence-electron chi connectivity index (χ2n) is 7.31. The quantitative estimate of drug-likeness (QED) is 0.408. The Kier molecular flexibility index (Phi) is 5.06. The zero-order chi connectivity index (χ0) is 21.2. The molecule has 0 N–H and O–H groups in total. The van der Waals surface area contributed by atoms with E-state index in [-0.39, 0.29) is 11.5 Å². The van der Waals surface area contributed by atoms with E-state index in [1.165, 1.54) is 15.7 Å². The number of thiophene rings is 1. The van der Waals surface area contributed by atoms with E-state index in [4.69, 9.17) is 0 Å². The molecule has 0 saturated heterocycles. The van der Waals surface area contributed by atoms with Crippen molar-refractivity contribution in [3.63, 3.8) is 0 Å². The Hall–Kier alpha value is -3.77. The predicted molar refractivity (Wildman–Crippen MR) is 123 cm³/mol. The summed E-state index contributed by atoms with van der Waals surface area (Å²) in [4.78, 5) is 33.9. The molecule has 31 heavy (non-hydrogen) atoms. The van der Waals surface area contributed by atoms with Gasteiger partial charge in [-0.05, 0) is 29.3 Å². The third-order valence-electron chi connectivity index (χ3n) is 5.15. The van der Waals surface area contributed by atoms with Crippen LogP contribution in [0.1, 0.15) is 20.8 Å². The van der Waals surface area contributed by atoms with Gasteiger partial charge in [0.2, 0.25) is 0 Å². The first-order valence-electron chi connectivity index (χ1n) is 9.97. The zero-order valence-electron chi connectivity index (χ0n) is 16.6. The van der Waals surface area contributed by atoms with Crippen molar-refractivity contribution in [2.45, 2.75) is 13.1 Å². The van der Waals surface area contributed by atoms with Gasteiger partial charge < -0.3 is 4.90 Å². The Morgan fingerprint density at radius 2 is 1.48 bits per heavy atom. The van der Waals surface area contributed by atoms with Gasteiger partial charge >= 0.3 is 0 Å². The fourth-order valence-corrected chi connectivity index (χ4v) is 4.61. The normalized spacial score (nSPS) is 11.1. The van der Waals surface area contributed by atoms with Gasteiger partial charge in [0.25, 0.3) is 11.5 Å². The summed E-state index contributed by atoms with van der Waals surface area (Å²) in [6.07, 6.45) is 1.69. The molecule has 3 aromatic heterocycles. The van der Waals surface area contributed by atoms with Crippen LogP contribution in [0.2, 0.25) is 0 Å². The molecule has 5 nitrogen and oxygen atoms in total. The highest BCUT2D eigenvalue weighted by Crippen LogP contribution is 2.25. The lowest BCUT2D eigenvalue weighted by Gasteiger charge is -2.22. The van der Waals surface area contributed by atoms with Gasteiger partial charge in [-0.25, -0.2) is 4.98 Å². The van der Waals surface area contributed by atoms with Crippen LogP contribution in [0.4, 0.5) is 0 Å². The third-order valence-corrected chi connectivity index (χ3v) is 6.16. The number of aromatic nitrogens is 2. The van der Waals surface area contributed by atoms with E-state index in [1.807, 2.05) is 71.6 Å². The number of pyridine rings is 1. The van der Waals surface area contributed by atoms with Gasteiger partial charge in [-0.1, -0.05) is 66.7 Å². The van der Waals surface area contributed by atoms with Gasteiger partial charge in [0.15, 0.2) is 0 Å². The van der Waals surface area contributed by atoms with E-state index in [1.54, 1.807) is 24.4 Å². The SMILES string of the molecule is O=C(c1cc2c(=O)n3ccccc3nc2s1)N(Cc1ccccc1)Cc1ccccc1. The molecule has 5 aromatic rings. The summed E-state index contributed by atoms with van der Waals surface area (Å²) in [6, 6.07) is 26.9.